The summed E-state index contributed by atoms with van der Waals surface area (Å²) in [5, 5.41) is 0. The first-order chi connectivity index (χ1) is 7.65. The first kappa shape index (κ1) is 11.1. The Hall–Kier alpha value is -1.36. The lowest BCUT2D eigenvalue weighted by Gasteiger charge is -2.23. The molecular formula is C11H18N4O. The summed E-state index contributed by atoms with van der Waals surface area (Å²) in [4.78, 5) is 17.5. The molecule has 1 aliphatic heterocycles. The second kappa shape index (κ2) is 4.25. The minimum Gasteiger partial charge on any atom is -0.336 e. The number of hydrogen-bond acceptors (Lipinski definition) is 3. The van der Waals surface area contributed by atoms with Crippen LogP contribution in [0.4, 0.5) is 0 Å². The zero-order valence-electron chi connectivity index (χ0n) is 9.76. The molecule has 2 atom stereocenters. The van der Waals surface area contributed by atoms with Crippen molar-refractivity contribution in [3.05, 3.63) is 18.2 Å². The predicted octanol–water partition coefficient (Wildman–Crippen LogP) is 0.524. The molecular weight excluding hydrogens is 204 g/mol. The van der Waals surface area contributed by atoms with E-state index in [0.29, 0.717) is 6.42 Å². The SMILES string of the molecule is CCCn1cncc1C1C(N)CC(=O)N1C. The summed E-state index contributed by atoms with van der Waals surface area (Å²) >= 11 is 0. The third-order valence-corrected chi connectivity index (χ3v) is 3.14. The van der Waals surface area contributed by atoms with Gasteiger partial charge in [-0.15, -0.1) is 0 Å². The van der Waals surface area contributed by atoms with Gasteiger partial charge in [0.2, 0.25) is 5.91 Å². The topological polar surface area (TPSA) is 64.2 Å². The van der Waals surface area contributed by atoms with Gasteiger partial charge in [0.1, 0.15) is 0 Å². The van der Waals surface area contributed by atoms with Gasteiger partial charge in [0, 0.05) is 26.1 Å². The molecule has 1 fully saturated rings. The van der Waals surface area contributed by atoms with Crippen LogP contribution < -0.4 is 5.73 Å². The number of likely N-dealkylation sites (tertiary alicyclic amines) is 1. The number of carbonyl (C=O) groups is 1. The van der Waals surface area contributed by atoms with Crippen molar-refractivity contribution in [3.8, 4) is 0 Å². The van der Waals surface area contributed by atoms with Crippen LogP contribution >= 0.6 is 0 Å². The van der Waals surface area contributed by atoms with Crippen LogP contribution in [0.1, 0.15) is 31.5 Å². The van der Waals surface area contributed by atoms with Crippen LogP contribution in [0.2, 0.25) is 0 Å². The van der Waals surface area contributed by atoms with Crippen LogP contribution in [0.5, 0.6) is 0 Å². The Bertz CT molecular complexity index is 387. The second-order valence-corrected chi connectivity index (χ2v) is 4.33. The Morgan fingerprint density at radius 3 is 2.94 bits per heavy atom. The summed E-state index contributed by atoms with van der Waals surface area (Å²) in [5.41, 5.74) is 7.06. The molecule has 0 aliphatic carbocycles. The molecule has 0 radical (unpaired) electrons. The molecule has 1 aliphatic rings. The minimum absolute atomic E-state index is 0.0263. The molecule has 0 aromatic carbocycles. The largest absolute Gasteiger partial charge is 0.336 e. The smallest absolute Gasteiger partial charge is 0.224 e. The van der Waals surface area contributed by atoms with Crippen molar-refractivity contribution in [1.82, 2.24) is 14.5 Å². The summed E-state index contributed by atoms with van der Waals surface area (Å²) in [7, 11) is 1.81. The zero-order valence-corrected chi connectivity index (χ0v) is 9.76. The van der Waals surface area contributed by atoms with Gasteiger partial charge in [-0.25, -0.2) is 4.98 Å². The van der Waals surface area contributed by atoms with Crippen LogP contribution in [0, 0.1) is 0 Å². The van der Waals surface area contributed by atoms with Gasteiger partial charge in [0.05, 0.1) is 24.3 Å². The van der Waals surface area contributed by atoms with Crippen molar-refractivity contribution in [3.63, 3.8) is 0 Å². The van der Waals surface area contributed by atoms with Crippen molar-refractivity contribution in [1.29, 1.82) is 0 Å². The molecule has 0 spiro atoms. The Balaban J connectivity index is 2.29. The Kier molecular flexibility index (Phi) is 2.96. The number of nitrogens with two attached hydrogens (primary N) is 1. The van der Waals surface area contributed by atoms with E-state index in [1.165, 1.54) is 0 Å². The fraction of sp³-hybridized carbons (Fsp3) is 0.636. The standard InChI is InChI=1S/C11H18N4O/c1-3-4-15-7-13-6-9(15)11-8(12)5-10(16)14(11)2/h6-8,11H,3-5,12H2,1-2H3. The highest BCUT2D eigenvalue weighted by Crippen LogP contribution is 2.30. The van der Waals surface area contributed by atoms with E-state index in [9.17, 15) is 4.79 Å². The van der Waals surface area contributed by atoms with Crippen LogP contribution in [0.3, 0.4) is 0 Å². The maximum absolute atomic E-state index is 11.6. The average molecular weight is 222 g/mol. The minimum atomic E-state index is -0.121. The molecule has 5 heteroatoms. The summed E-state index contributed by atoms with van der Waals surface area (Å²) in [6.07, 6.45) is 5.10. The lowest BCUT2D eigenvalue weighted by molar-refractivity contribution is -0.127. The molecule has 0 saturated carbocycles. The van der Waals surface area contributed by atoms with E-state index in [4.69, 9.17) is 5.73 Å². The van der Waals surface area contributed by atoms with E-state index in [2.05, 4.69) is 16.5 Å². The molecule has 2 N–H and O–H groups in total. The number of nitrogens with zero attached hydrogens (tertiary/aromatic N) is 3. The van der Waals surface area contributed by atoms with Crippen LogP contribution in [-0.2, 0) is 11.3 Å². The molecule has 88 valence electrons. The summed E-state index contributed by atoms with van der Waals surface area (Å²) in [6, 6.07) is -0.147. The Morgan fingerprint density at radius 1 is 1.62 bits per heavy atom. The van der Waals surface area contributed by atoms with Gasteiger partial charge in [-0.1, -0.05) is 6.92 Å². The van der Waals surface area contributed by atoms with Crippen LogP contribution in [0.25, 0.3) is 0 Å². The van der Waals surface area contributed by atoms with E-state index in [1.54, 1.807) is 4.90 Å². The van der Waals surface area contributed by atoms with E-state index in [-0.39, 0.29) is 18.0 Å². The lowest BCUT2D eigenvalue weighted by atomic mass is 10.1. The molecule has 1 aromatic heterocycles. The van der Waals surface area contributed by atoms with Crippen molar-refractivity contribution in [2.24, 2.45) is 5.73 Å². The fourth-order valence-electron chi connectivity index (χ4n) is 2.32. The van der Waals surface area contributed by atoms with Crippen LogP contribution in [0.15, 0.2) is 12.5 Å². The quantitative estimate of drug-likeness (QED) is 0.811. The van der Waals surface area contributed by atoms with Gasteiger partial charge in [-0.05, 0) is 6.42 Å². The molecule has 1 amide bonds. The Morgan fingerprint density at radius 2 is 2.38 bits per heavy atom. The number of rotatable bonds is 3. The van der Waals surface area contributed by atoms with E-state index >= 15 is 0 Å². The molecule has 2 unspecified atom stereocenters. The first-order valence-electron chi connectivity index (χ1n) is 5.66. The third kappa shape index (κ3) is 1.71. The van der Waals surface area contributed by atoms with Crippen molar-refractivity contribution in [2.45, 2.75) is 38.4 Å². The van der Waals surface area contributed by atoms with E-state index in [1.807, 2.05) is 19.6 Å². The number of carbonyl (C=O) groups excluding carboxylic acids is 1. The number of likely N-dealkylation sites (N-methyl/N-ethyl adjacent to an activating group) is 1. The summed E-state index contributed by atoms with van der Waals surface area (Å²) in [6.45, 7) is 3.04. The predicted molar refractivity (Wildman–Crippen MR) is 60.6 cm³/mol. The summed E-state index contributed by atoms with van der Waals surface area (Å²) < 4.78 is 2.08. The Labute approximate surface area is 95.2 Å². The maximum atomic E-state index is 11.6. The lowest BCUT2D eigenvalue weighted by Crippen LogP contribution is -2.32. The first-order valence-corrected chi connectivity index (χ1v) is 5.66. The fourth-order valence-corrected chi connectivity index (χ4v) is 2.32. The third-order valence-electron chi connectivity index (χ3n) is 3.14. The van der Waals surface area contributed by atoms with Crippen molar-refractivity contribution in [2.75, 3.05) is 7.05 Å². The van der Waals surface area contributed by atoms with Gasteiger partial charge in [0.15, 0.2) is 0 Å². The molecule has 0 bridgehead atoms. The van der Waals surface area contributed by atoms with Gasteiger partial charge >= 0.3 is 0 Å². The number of amides is 1. The molecule has 5 nitrogen and oxygen atoms in total. The highest BCUT2D eigenvalue weighted by atomic mass is 16.2. The van der Waals surface area contributed by atoms with Crippen molar-refractivity contribution >= 4 is 5.91 Å². The van der Waals surface area contributed by atoms with Gasteiger partial charge in [-0.2, -0.15) is 0 Å². The molecule has 2 heterocycles. The highest BCUT2D eigenvalue weighted by Gasteiger charge is 2.37. The molecule has 2 rings (SSSR count). The van der Waals surface area contributed by atoms with Gasteiger partial charge in [0.25, 0.3) is 0 Å². The molecule has 1 aromatic rings. The number of aromatic nitrogens is 2. The summed E-state index contributed by atoms with van der Waals surface area (Å²) in [5.74, 6) is 0.113. The number of hydrogen-bond donors (Lipinski definition) is 1. The molecule has 16 heavy (non-hydrogen) atoms. The van der Waals surface area contributed by atoms with Gasteiger partial charge in [-0.3, -0.25) is 4.79 Å². The molecule has 1 saturated heterocycles. The normalized spacial score (nSPS) is 25.4. The maximum Gasteiger partial charge on any atom is 0.224 e. The number of aryl methyl sites for hydroxylation is 1. The van der Waals surface area contributed by atoms with Crippen LogP contribution in [-0.4, -0.2) is 33.4 Å². The highest BCUT2D eigenvalue weighted by molar-refractivity contribution is 5.79. The van der Waals surface area contributed by atoms with Crippen molar-refractivity contribution < 1.29 is 4.79 Å². The van der Waals surface area contributed by atoms with Gasteiger partial charge < -0.3 is 15.2 Å². The number of imidazole rings is 1. The average Bonchev–Trinajstić information content (AvgIpc) is 2.75. The zero-order chi connectivity index (χ0) is 11.7. The monoisotopic (exact) mass is 222 g/mol. The van der Waals surface area contributed by atoms with E-state index < -0.39 is 0 Å². The second-order valence-electron chi connectivity index (χ2n) is 4.33. The van der Waals surface area contributed by atoms with E-state index in [0.717, 1.165) is 18.7 Å².